The highest BCUT2D eigenvalue weighted by Gasteiger charge is 2.08. The van der Waals surface area contributed by atoms with Crippen LogP contribution in [0.25, 0.3) is 0 Å². The standard InChI is InChI=1S/C10H15N5O/c1-7(2)9-13-14-10(16-9)11-4-8-5-12-15(3)6-8/h5-7H,4H2,1-3H3,(H,11,14). The fourth-order valence-electron chi connectivity index (χ4n) is 1.28. The van der Waals surface area contributed by atoms with Crippen molar-refractivity contribution < 1.29 is 4.42 Å². The Morgan fingerprint density at radius 1 is 1.44 bits per heavy atom. The van der Waals surface area contributed by atoms with Crippen LogP contribution in [-0.2, 0) is 13.6 Å². The molecule has 2 aromatic rings. The fourth-order valence-corrected chi connectivity index (χ4v) is 1.28. The fraction of sp³-hybridized carbons (Fsp3) is 0.500. The van der Waals surface area contributed by atoms with E-state index in [9.17, 15) is 0 Å². The summed E-state index contributed by atoms with van der Waals surface area (Å²) in [4.78, 5) is 0. The van der Waals surface area contributed by atoms with E-state index in [-0.39, 0.29) is 5.92 Å². The molecule has 0 unspecified atom stereocenters. The maximum Gasteiger partial charge on any atom is 0.315 e. The molecule has 0 aromatic carbocycles. The number of aryl methyl sites for hydroxylation is 1. The van der Waals surface area contributed by atoms with Gasteiger partial charge >= 0.3 is 6.01 Å². The zero-order chi connectivity index (χ0) is 11.5. The van der Waals surface area contributed by atoms with Crippen molar-refractivity contribution in [2.24, 2.45) is 7.05 Å². The predicted molar refractivity (Wildman–Crippen MR) is 58.9 cm³/mol. The highest BCUT2D eigenvalue weighted by molar-refractivity contribution is 5.20. The van der Waals surface area contributed by atoms with Crippen molar-refractivity contribution in [2.45, 2.75) is 26.3 Å². The number of aromatic nitrogens is 4. The molecule has 0 fully saturated rings. The molecule has 2 aromatic heterocycles. The lowest BCUT2D eigenvalue weighted by molar-refractivity contribution is 0.480. The van der Waals surface area contributed by atoms with Gasteiger partial charge in [-0.15, -0.1) is 5.10 Å². The van der Waals surface area contributed by atoms with Crippen LogP contribution in [0.15, 0.2) is 16.8 Å². The number of hydrogen-bond acceptors (Lipinski definition) is 5. The summed E-state index contributed by atoms with van der Waals surface area (Å²) in [6.07, 6.45) is 3.74. The molecule has 0 radical (unpaired) electrons. The van der Waals surface area contributed by atoms with Crippen molar-refractivity contribution in [1.82, 2.24) is 20.0 Å². The smallest absolute Gasteiger partial charge is 0.315 e. The Labute approximate surface area is 93.7 Å². The summed E-state index contributed by atoms with van der Waals surface area (Å²) in [6.45, 7) is 4.66. The molecule has 2 heterocycles. The number of hydrogen-bond donors (Lipinski definition) is 1. The molecule has 0 amide bonds. The second kappa shape index (κ2) is 4.34. The van der Waals surface area contributed by atoms with Crippen LogP contribution in [0.2, 0.25) is 0 Å². The van der Waals surface area contributed by atoms with Gasteiger partial charge in [-0.05, 0) is 0 Å². The van der Waals surface area contributed by atoms with Gasteiger partial charge in [-0.2, -0.15) is 5.10 Å². The molecular weight excluding hydrogens is 206 g/mol. The third-order valence-corrected chi connectivity index (χ3v) is 2.14. The van der Waals surface area contributed by atoms with Gasteiger partial charge in [0.25, 0.3) is 0 Å². The molecule has 0 aliphatic carbocycles. The second-order valence-corrected chi connectivity index (χ2v) is 3.98. The van der Waals surface area contributed by atoms with Crippen LogP contribution in [-0.4, -0.2) is 20.0 Å². The molecule has 0 spiro atoms. The zero-order valence-corrected chi connectivity index (χ0v) is 9.64. The molecule has 1 N–H and O–H groups in total. The molecule has 0 aliphatic heterocycles. The summed E-state index contributed by atoms with van der Waals surface area (Å²) >= 11 is 0. The van der Waals surface area contributed by atoms with Crippen LogP contribution in [0.3, 0.4) is 0 Å². The average molecular weight is 221 g/mol. The van der Waals surface area contributed by atoms with Crippen molar-refractivity contribution in [1.29, 1.82) is 0 Å². The summed E-state index contributed by atoms with van der Waals surface area (Å²) in [5, 5.41) is 15.0. The van der Waals surface area contributed by atoms with Gasteiger partial charge in [0.2, 0.25) is 5.89 Å². The third-order valence-electron chi connectivity index (χ3n) is 2.14. The molecule has 0 bridgehead atoms. The number of nitrogens with zero attached hydrogens (tertiary/aromatic N) is 4. The van der Waals surface area contributed by atoms with Crippen molar-refractivity contribution >= 4 is 6.01 Å². The van der Waals surface area contributed by atoms with Crippen LogP contribution >= 0.6 is 0 Å². The lowest BCUT2D eigenvalue weighted by Crippen LogP contribution is -1.98. The first kappa shape index (κ1) is 10.7. The van der Waals surface area contributed by atoms with Gasteiger partial charge in [-0.3, -0.25) is 4.68 Å². The summed E-state index contributed by atoms with van der Waals surface area (Å²) in [7, 11) is 1.88. The molecule has 2 rings (SSSR count). The van der Waals surface area contributed by atoms with Crippen molar-refractivity contribution in [3.8, 4) is 0 Å². The molecule has 16 heavy (non-hydrogen) atoms. The van der Waals surface area contributed by atoms with Crippen molar-refractivity contribution in [3.05, 3.63) is 23.8 Å². The molecule has 86 valence electrons. The van der Waals surface area contributed by atoms with E-state index >= 15 is 0 Å². The van der Waals surface area contributed by atoms with Crippen LogP contribution in [0.5, 0.6) is 0 Å². The summed E-state index contributed by atoms with van der Waals surface area (Å²) < 4.78 is 7.17. The Hall–Kier alpha value is -1.85. The molecule has 0 saturated carbocycles. The molecular formula is C10H15N5O. The van der Waals surface area contributed by atoms with E-state index in [1.54, 1.807) is 10.9 Å². The van der Waals surface area contributed by atoms with Crippen LogP contribution < -0.4 is 5.32 Å². The van der Waals surface area contributed by atoms with Gasteiger partial charge in [0.15, 0.2) is 0 Å². The maximum atomic E-state index is 5.41. The van der Waals surface area contributed by atoms with Crippen LogP contribution in [0, 0.1) is 0 Å². The normalized spacial score (nSPS) is 11.0. The van der Waals surface area contributed by atoms with Gasteiger partial charge in [-0.25, -0.2) is 0 Å². The van der Waals surface area contributed by atoms with E-state index in [0.29, 0.717) is 18.5 Å². The Bertz CT molecular complexity index is 459. The third kappa shape index (κ3) is 2.39. The quantitative estimate of drug-likeness (QED) is 0.848. The first-order valence-electron chi connectivity index (χ1n) is 5.20. The minimum absolute atomic E-state index is 0.251. The first-order chi connectivity index (χ1) is 7.65. The van der Waals surface area contributed by atoms with Crippen molar-refractivity contribution in [3.63, 3.8) is 0 Å². The minimum atomic E-state index is 0.251. The number of nitrogens with one attached hydrogen (secondary N) is 1. The Morgan fingerprint density at radius 2 is 2.25 bits per heavy atom. The van der Waals surface area contributed by atoms with E-state index < -0.39 is 0 Å². The SMILES string of the molecule is CC(C)c1nnc(NCc2cnn(C)c2)o1. The van der Waals surface area contributed by atoms with E-state index in [2.05, 4.69) is 20.6 Å². The minimum Gasteiger partial charge on any atom is -0.408 e. The second-order valence-electron chi connectivity index (χ2n) is 3.98. The number of rotatable bonds is 4. The Morgan fingerprint density at radius 3 is 2.81 bits per heavy atom. The highest BCUT2D eigenvalue weighted by atomic mass is 16.4. The van der Waals surface area contributed by atoms with E-state index in [0.717, 1.165) is 5.56 Å². The zero-order valence-electron chi connectivity index (χ0n) is 9.64. The van der Waals surface area contributed by atoms with Crippen LogP contribution in [0.4, 0.5) is 6.01 Å². The van der Waals surface area contributed by atoms with Gasteiger partial charge in [-0.1, -0.05) is 18.9 Å². The van der Waals surface area contributed by atoms with Gasteiger partial charge in [0, 0.05) is 31.3 Å². The Kier molecular flexibility index (Phi) is 2.89. The van der Waals surface area contributed by atoms with E-state index in [4.69, 9.17) is 4.42 Å². The van der Waals surface area contributed by atoms with Gasteiger partial charge in [0.1, 0.15) is 0 Å². The molecule has 6 nitrogen and oxygen atoms in total. The average Bonchev–Trinajstić information content (AvgIpc) is 2.83. The molecule has 6 heteroatoms. The molecule has 0 saturated heterocycles. The van der Waals surface area contributed by atoms with E-state index in [1.807, 2.05) is 27.1 Å². The lowest BCUT2D eigenvalue weighted by atomic mass is 10.2. The topological polar surface area (TPSA) is 68.8 Å². The summed E-state index contributed by atoms with van der Waals surface area (Å²) in [6, 6.07) is 0.451. The predicted octanol–water partition coefficient (Wildman–Crippen LogP) is 1.54. The van der Waals surface area contributed by atoms with Crippen molar-refractivity contribution in [2.75, 3.05) is 5.32 Å². The monoisotopic (exact) mass is 221 g/mol. The number of anilines is 1. The largest absolute Gasteiger partial charge is 0.408 e. The highest BCUT2D eigenvalue weighted by Crippen LogP contribution is 2.15. The van der Waals surface area contributed by atoms with Gasteiger partial charge < -0.3 is 9.73 Å². The van der Waals surface area contributed by atoms with Gasteiger partial charge in [0.05, 0.1) is 6.20 Å². The molecule has 0 atom stereocenters. The van der Waals surface area contributed by atoms with Crippen LogP contribution in [0.1, 0.15) is 31.2 Å². The van der Waals surface area contributed by atoms with E-state index in [1.165, 1.54) is 0 Å². The maximum absolute atomic E-state index is 5.41. The lowest BCUT2D eigenvalue weighted by Gasteiger charge is -1.98. The summed E-state index contributed by atoms with van der Waals surface area (Å²) in [5.74, 6) is 0.898. The molecule has 0 aliphatic rings. The summed E-state index contributed by atoms with van der Waals surface area (Å²) in [5.41, 5.74) is 1.08. The Balaban J connectivity index is 1.94. The first-order valence-corrected chi connectivity index (χ1v) is 5.20.